The van der Waals surface area contributed by atoms with Crippen molar-refractivity contribution in [2.24, 2.45) is 11.7 Å². The van der Waals surface area contributed by atoms with Crippen molar-refractivity contribution in [1.29, 1.82) is 0 Å². The molecule has 0 aromatic rings. The predicted octanol–water partition coefficient (Wildman–Crippen LogP) is 0.999. The molecule has 0 spiro atoms. The topological polar surface area (TPSA) is 55.6 Å². The number of unbranched alkanes of at least 4 members (excludes halogenated alkanes) is 1. The Kier molecular flexibility index (Phi) is 5.77. The number of ether oxygens (including phenoxy) is 1. The molecule has 1 aliphatic rings. The molecule has 0 saturated carbocycles. The van der Waals surface area contributed by atoms with Crippen molar-refractivity contribution in [3.8, 4) is 0 Å². The Balaban J connectivity index is 2.19. The fourth-order valence-electron chi connectivity index (χ4n) is 1.95. The third kappa shape index (κ3) is 4.49. The minimum atomic E-state index is -0.101. The largest absolute Gasteiger partial charge is 0.465 e. The summed E-state index contributed by atoms with van der Waals surface area (Å²) in [4.78, 5) is 13.6. The Morgan fingerprint density at radius 2 is 2.31 bits per heavy atom. The number of likely N-dealkylation sites (tertiary alicyclic amines) is 1. The molecule has 1 rings (SSSR count). The van der Waals surface area contributed by atoms with Gasteiger partial charge in [0.15, 0.2) is 0 Å². The van der Waals surface area contributed by atoms with Crippen molar-refractivity contribution < 1.29 is 9.53 Å². The number of nitrogens with zero attached hydrogens (tertiary/aromatic N) is 1. The van der Waals surface area contributed by atoms with Gasteiger partial charge >= 0.3 is 5.97 Å². The molecule has 2 unspecified atom stereocenters. The van der Waals surface area contributed by atoms with Crippen molar-refractivity contribution in [3.05, 3.63) is 0 Å². The summed E-state index contributed by atoms with van der Waals surface area (Å²) < 4.78 is 5.14. The van der Waals surface area contributed by atoms with Gasteiger partial charge in [0.25, 0.3) is 0 Å². The van der Waals surface area contributed by atoms with Crippen LogP contribution in [0.4, 0.5) is 0 Å². The second kappa shape index (κ2) is 6.86. The van der Waals surface area contributed by atoms with E-state index in [1.54, 1.807) is 0 Å². The maximum atomic E-state index is 11.5. The molecular formula is C12H24N2O2. The third-order valence-corrected chi connectivity index (χ3v) is 3.17. The van der Waals surface area contributed by atoms with Crippen LogP contribution >= 0.6 is 0 Å². The predicted molar refractivity (Wildman–Crippen MR) is 64.1 cm³/mol. The quantitative estimate of drug-likeness (QED) is 0.563. The van der Waals surface area contributed by atoms with Gasteiger partial charge in [-0.2, -0.15) is 0 Å². The Morgan fingerprint density at radius 3 is 2.94 bits per heavy atom. The zero-order valence-electron chi connectivity index (χ0n) is 10.4. The van der Waals surface area contributed by atoms with E-state index in [0.29, 0.717) is 19.1 Å². The lowest BCUT2D eigenvalue weighted by atomic mass is 9.95. The summed E-state index contributed by atoms with van der Waals surface area (Å²) in [6.45, 7) is 7.01. The van der Waals surface area contributed by atoms with Crippen LogP contribution in [0.5, 0.6) is 0 Å². The molecule has 0 radical (unpaired) electrons. The molecular weight excluding hydrogens is 204 g/mol. The van der Waals surface area contributed by atoms with Crippen molar-refractivity contribution >= 4 is 5.97 Å². The standard InChI is InChI=1S/C12H24N2O2/c1-3-4-7-16-12(15)9-14-6-5-11(13)10(2)8-14/h10-11H,3-9,13H2,1-2H3. The lowest BCUT2D eigenvalue weighted by Crippen LogP contribution is -2.47. The van der Waals surface area contributed by atoms with E-state index in [1.165, 1.54) is 0 Å². The molecule has 4 nitrogen and oxygen atoms in total. The molecule has 94 valence electrons. The number of hydrogen-bond donors (Lipinski definition) is 1. The first-order chi connectivity index (χ1) is 7.63. The van der Waals surface area contributed by atoms with Crippen LogP contribution in [0.25, 0.3) is 0 Å². The fourth-order valence-corrected chi connectivity index (χ4v) is 1.95. The van der Waals surface area contributed by atoms with Gasteiger partial charge in [-0.1, -0.05) is 20.3 Å². The molecule has 0 bridgehead atoms. The molecule has 16 heavy (non-hydrogen) atoms. The van der Waals surface area contributed by atoms with Crippen molar-refractivity contribution in [3.63, 3.8) is 0 Å². The lowest BCUT2D eigenvalue weighted by molar-refractivity contribution is -0.145. The van der Waals surface area contributed by atoms with Crippen LogP contribution in [0, 0.1) is 5.92 Å². The number of piperidine rings is 1. The van der Waals surface area contributed by atoms with Gasteiger partial charge in [0, 0.05) is 19.1 Å². The first kappa shape index (κ1) is 13.5. The lowest BCUT2D eigenvalue weighted by Gasteiger charge is -2.34. The molecule has 0 aromatic carbocycles. The molecule has 1 fully saturated rings. The van der Waals surface area contributed by atoms with Gasteiger partial charge in [0.05, 0.1) is 13.2 Å². The van der Waals surface area contributed by atoms with Crippen LogP contribution in [-0.2, 0) is 9.53 Å². The van der Waals surface area contributed by atoms with Gasteiger partial charge in [0.2, 0.25) is 0 Å². The molecule has 0 aromatic heterocycles. The molecule has 1 heterocycles. The van der Waals surface area contributed by atoms with Gasteiger partial charge < -0.3 is 10.5 Å². The number of rotatable bonds is 5. The average Bonchev–Trinajstić information content (AvgIpc) is 2.24. The maximum Gasteiger partial charge on any atom is 0.320 e. The Morgan fingerprint density at radius 1 is 1.56 bits per heavy atom. The maximum absolute atomic E-state index is 11.5. The van der Waals surface area contributed by atoms with Gasteiger partial charge in [-0.05, 0) is 18.8 Å². The minimum absolute atomic E-state index is 0.101. The summed E-state index contributed by atoms with van der Waals surface area (Å²) in [5.74, 6) is 0.369. The van der Waals surface area contributed by atoms with Crippen LogP contribution in [0.3, 0.4) is 0 Å². The van der Waals surface area contributed by atoms with E-state index in [1.807, 2.05) is 0 Å². The summed E-state index contributed by atoms with van der Waals surface area (Å²) in [6, 6.07) is 0.285. The SMILES string of the molecule is CCCCOC(=O)CN1CCC(N)C(C)C1. The number of carbonyl (C=O) groups excluding carboxylic acids is 1. The zero-order chi connectivity index (χ0) is 12.0. The number of hydrogen-bond acceptors (Lipinski definition) is 4. The van der Waals surface area contributed by atoms with E-state index >= 15 is 0 Å². The normalized spacial score (nSPS) is 26.7. The molecule has 0 amide bonds. The molecule has 1 saturated heterocycles. The molecule has 1 aliphatic heterocycles. The van der Waals surface area contributed by atoms with Crippen LogP contribution in [-0.4, -0.2) is 43.2 Å². The van der Waals surface area contributed by atoms with Crippen LogP contribution in [0.1, 0.15) is 33.1 Å². The number of carbonyl (C=O) groups is 1. The summed E-state index contributed by atoms with van der Waals surface area (Å²) in [5, 5.41) is 0. The fraction of sp³-hybridized carbons (Fsp3) is 0.917. The van der Waals surface area contributed by atoms with Crippen molar-refractivity contribution in [1.82, 2.24) is 4.90 Å². The summed E-state index contributed by atoms with van der Waals surface area (Å²) in [7, 11) is 0. The summed E-state index contributed by atoms with van der Waals surface area (Å²) >= 11 is 0. The van der Waals surface area contributed by atoms with Crippen LogP contribution in [0.15, 0.2) is 0 Å². The zero-order valence-corrected chi connectivity index (χ0v) is 10.4. The van der Waals surface area contributed by atoms with E-state index in [9.17, 15) is 4.79 Å². The van der Waals surface area contributed by atoms with Gasteiger partial charge in [-0.3, -0.25) is 9.69 Å². The van der Waals surface area contributed by atoms with Crippen LogP contribution in [0.2, 0.25) is 0 Å². The van der Waals surface area contributed by atoms with E-state index < -0.39 is 0 Å². The summed E-state index contributed by atoms with van der Waals surface area (Å²) in [6.07, 6.45) is 2.99. The van der Waals surface area contributed by atoms with Gasteiger partial charge in [-0.15, -0.1) is 0 Å². The monoisotopic (exact) mass is 228 g/mol. The highest BCUT2D eigenvalue weighted by molar-refractivity contribution is 5.71. The highest BCUT2D eigenvalue weighted by Gasteiger charge is 2.24. The van der Waals surface area contributed by atoms with Gasteiger partial charge in [-0.25, -0.2) is 0 Å². The second-order valence-corrected chi connectivity index (χ2v) is 4.74. The smallest absolute Gasteiger partial charge is 0.320 e. The number of esters is 1. The van der Waals surface area contributed by atoms with E-state index in [4.69, 9.17) is 10.5 Å². The number of nitrogens with two attached hydrogens (primary N) is 1. The first-order valence-corrected chi connectivity index (χ1v) is 6.27. The minimum Gasteiger partial charge on any atom is -0.465 e. The highest BCUT2D eigenvalue weighted by atomic mass is 16.5. The Bertz CT molecular complexity index is 221. The third-order valence-electron chi connectivity index (χ3n) is 3.17. The summed E-state index contributed by atoms with van der Waals surface area (Å²) in [5.41, 5.74) is 5.93. The Hall–Kier alpha value is -0.610. The highest BCUT2D eigenvalue weighted by Crippen LogP contribution is 2.14. The Labute approximate surface area is 98.1 Å². The molecule has 2 N–H and O–H groups in total. The molecule has 2 atom stereocenters. The van der Waals surface area contributed by atoms with E-state index in [-0.39, 0.29) is 12.0 Å². The first-order valence-electron chi connectivity index (χ1n) is 6.27. The van der Waals surface area contributed by atoms with E-state index in [0.717, 1.165) is 32.4 Å². The molecule has 0 aliphatic carbocycles. The van der Waals surface area contributed by atoms with Crippen molar-refractivity contribution in [2.45, 2.75) is 39.2 Å². The van der Waals surface area contributed by atoms with Crippen molar-refractivity contribution in [2.75, 3.05) is 26.2 Å². The van der Waals surface area contributed by atoms with Crippen LogP contribution < -0.4 is 5.73 Å². The molecule has 4 heteroatoms. The second-order valence-electron chi connectivity index (χ2n) is 4.74. The van der Waals surface area contributed by atoms with E-state index in [2.05, 4.69) is 18.7 Å². The van der Waals surface area contributed by atoms with Gasteiger partial charge in [0.1, 0.15) is 0 Å². The average molecular weight is 228 g/mol.